The van der Waals surface area contributed by atoms with Crippen molar-refractivity contribution in [2.45, 2.75) is 44.9 Å². The molecule has 1 fully saturated rings. The molecular formula is C9H19NO2. The van der Waals surface area contributed by atoms with Crippen molar-refractivity contribution in [3.63, 3.8) is 0 Å². The molecule has 2 N–H and O–H groups in total. The topological polar surface area (TPSA) is 41.5 Å². The summed E-state index contributed by atoms with van der Waals surface area (Å²) in [5, 5.41) is 12.6. The van der Waals surface area contributed by atoms with Gasteiger partial charge in [0.1, 0.15) is 0 Å². The standard InChI is InChI=1S/C9H19NO2/c1-7(8(2)11)10-9-3-5-12-6-4-9/h7-11H,3-6H2,1-2H3. The van der Waals surface area contributed by atoms with Gasteiger partial charge in [0.25, 0.3) is 0 Å². The summed E-state index contributed by atoms with van der Waals surface area (Å²) in [7, 11) is 0. The van der Waals surface area contributed by atoms with Crippen molar-refractivity contribution < 1.29 is 9.84 Å². The van der Waals surface area contributed by atoms with Gasteiger partial charge in [0.05, 0.1) is 6.10 Å². The van der Waals surface area contributed by atoms with Crippen LogP contribution in [0.25, 0.3) is 0 Å². The molecule has 0 aromatic heterocycles. The Morgan fingerprint density at radius 3 is 2.42 bits per heavy atom. The summed E-state index contributed by atoms with van der Waals surface area (Å²) in [6.45, 7) is 5.53. The molecule has 0 aromatic carbocycles. The van der Waals surface area contributed by atoms with Crippen LogP contribution in [-0.2, 0) is 4.74 Å². The second kappa shape index (κ2) is 4.80. The first kappa shape index (κ1) is 9.96. The van der Waals surface area contributed by atoms with Crippen LogP contribution in [0.1, 0.15) is 26.7 Å². The lowest BCUT2D eigenvalue weighted by Crippen LogP contribution is -2.44. The van der Waals surface area contributed by atoms with Crippen molar-refractivity contribution in [1.82, 2.24) is 5.32 Å². The Balaban J connectivity index is 2.20. The van der Waals surface area contributed by atoms with Gasteiger partial charge in [-0.25, -0.2) is 0 Å². The van der Waals surface area contributed by atoms with E-state index in [9.17, 15) is 5.11 Å². The fraction of sp³-hybridized carbons (Fsp3) is 1.00. The minimum atomic E-state index is -0.271. The van der Waals surface area contributed by atoms with E-state index in [0.29, 0.717) is 6.04 Å². The predicted molar refractivity (Wildman–Crippen MR) is 48.1 cm³/mol. The zero-order chi connectivity index (χ0) is 8.97. The maximum Gasteiger partial charge on any atom is 0.0662 e. The van der Waals surface area contributed by atoms with Crippen molar-refractivity contribution in [2.75, 3.05) is 13.2 Å². The van der Waals surface area contributed by atoms with Crippen LogP contribution in [0.2, 0.25) is 0 Å². The van der Waals surface area contributed by atoms with Gasteiger partial charge in [0.2, 0.25) is 0 Å². The zero-order valence-corrected chi connectivity index (χ0v) is 7.92. The number of nitrogens with one attached hydrogen (secondary N) is 1. The second-order valence-corrected chi connectivity index (χ2v) is 3.58. The Kier molecular flexibility index (Phi) is 3.98. The first-order chi connectivity index (χ1) is 5.70. The summed E-state index contributed by atoms with van der Waals surface area (Å²) < 4.78 is 5.24. The normalized spacial score (nSPS) is 25.2. The van der Waals surface area contributed by atoms with Crippen LogP contribution in [0.5, 0.6) is 0 Å². The van der Waals surface area contributed by atoms with Crippen LogP contribution in [0.15, 0.2) is 0 Å². The van der Waals surface area contributed by atoms with Gasteiger partial charge in [-0.3, -0.25) is 0 Å². The van der Waals surface area contributed by atoms with Gasteiger partial charge in [-0.15, -0.1) is 0 Å². The van der Waals surface area contributed by atoms with Crippen LogP contribution >= 0.6 is 0 Å². The molecule has 0 radical (unpaired) electrons. The Morgan fingerprint density at radius 1 is 1.33 bits per heavy atom. The SMILES string of the molecule is CC(O)C(C)NC1CCOCC1. The van der Waals surface area contributed by atoms with E-state index >= 15 is 0 Å². The maximum atomic E-state index is 9.26. The van der Waals surface area contributed by atoms with E-state index in [0.717, 1.165) is 26.1 Å². The van der Waals surface area contributed by atoms with Gasteiger partial charge in [0, 0.05) is 25.3 Å². The Morgan fingerprint density at radius 2 is 1.92 bits per heavy atom. The number of ether oxygens (including phenoxy) is 1. The molecule has 1 aliphatic rings. The number of aliphatic hydroxyl groups is 1. The number of aliphatic hydroxyl groups excluding tert-OH is 1. The number of hydrogen-bond donors (Lipinski definition) is 2. The van der Waals surface area contributed by atoms with E-state index in [1.54, 1.807) is 0 Å². The molecule has 0 bridgehead atoms. The smallest absolute Gasteiger partial charge is 0.0662 e. The van der Waals surface area contributed by atoms with E-state index in [2.05, 4.69) is 5.32 Å². The molecule has 1 rings (SSSR count). The molecule has 12 heavy (non-hydrogen) atoms. The molecule has 0 amide bonds. The highest BCUT2D eigenvalue weighted by molar-refractivity contribution is 4.76. The third kappa shape index (κ3) is 3.09. The van der Waals surface area contributed by atoms with E-state index in [-0.39, 0.29) is 12.1 Å². The summed E-state index contributed by atoms with van der Waals surface area (Å²) in [4.78, 5) is 0. The lowest BCUT2D eigenvalue weighted by molar-refractivity contribution is 0.0655. The highest BCUT2D eigenvalue weighted by atomic mass is 16.5. The Labute approximate surface area is 74.1 Å². The number of hydrogen-bond acceptors (Lipinski definition) is 3. The van der Waals surface area contributed by atoms with Crippen LogP contribution < -0.4 is 5.32 Å². The fourth-order valence-electron chi connectivity index (χ4n) is 1.38. The number of rotatable bonds is 3. The van der Waals surface area contributed by atoms with Crippen LogP contribution in [0.3, 0.4) is 0 Å². The molecule has 72 valence electrons. The van der Waals surface area contributed by atoms with Crippen molar-refractivity contribution >= 4 is 0 Å². The largest absolute Gasteiger partial charge is 0.392 e. The minimum absolute atomic E-state index is 0.188. The maximum absolute atomic E-state index is 9.26. The van der Waals surface area contributed by atoms with Crippen LogP contribution in [0.4, 0.5) is 0 Å². The average molecular weight is 173 g/mol. The van der Waals surface area contributed by atoms with Gasteiger partial charge >= 0.3 is 0 Å². The Hall–Kier alpha value is -0.120. The van der Waals surface area contributed by atoms with Crippen molar-refractivity contribution in [3.8, 4) is 0 Å². The lowest BCUT2D eigenvalue weighted by Gasteiger charge is -2.27. The fourth-order valence-corrected chi connectivity index (χ4v) is 1.38. The molecule has 2 atom stereocenters. The summed E-state index contributed by atoms with van der Waals surface area (Å²) in [6.07, 6.45) is 1.86. The second-order valence-electron chi connectivity index (χ2n) is 3.58. The van der Waals surface area contributed by atoms with E-state index in [4.69, 9.17) is 4.74 Å². The van der Waals surface area contributed by atoms with Crippen LogP contribution in [-0.4, -0.2) is 36.5 Å². The molecule has 0 saturated carbocycles. The highest BCUT2D eigenvalue weighted by Gasteiger charge is 2.17. The van der Waals surface area contributed by atoms with Crippen molar-refractivity contribution in [3.05, 3.63) is 0 Å². The first-order valence-corrected chi connectivity index (χ1v) is 4.72. The molecule has 0 spiro atoms. The van der Waals surface area contributed by atoms with Gasteiger partial charge in [-0.1, -0.05) is 0 Å². The third-order valence-electron chi connectivity index (χ3n) is 2.44. The molecule has 3 heteroatoms. The monoisotopic (exact) mass is 173 g/mol. The minimum Gasteiger partial charge on any atom is -0.392 e. The lowest BCUT2D eigenvalue weighted by atomic mass is 10.1. The molecule has 2 unspecified atom stereocenters. The highest BCUT2D eigenvalue weighted by Crippen LogP contribution is 2.07. The Bertz CT molecular complexity index is 122. The molecule has 0 aliphatic carbocycles. The van der Waals surface area contributed by atoms with Crippen molar-refractivity contribution in [2.24, 2.45) is 0 Å². The summed E-state index contributed by atoms with van der Waals surface area (Å²) in [5.74, 6) is 0. The third-order valence-corrected chi connectivity index (χ3v) is 2.44. The zero-order valence-electron chi connectivity index (χ0n) is 7.92. The van der Waals surface area contributed by atoms with Crippen molar-refractivity contribution in [1.29, 1.82) is 0 Å². The molecule has 3 nitrogen and oxygen atoms in total. The summed E-state index contributed by atoms with van der Waals surface area (Å²) in [5.41, 5.74) is 0. The van der Waals surface area contributed by atoms with E-state index in [1.807, 2.05) is 13.8 Å². The van der Waals surface area contributed by atoms with Crippen LogP contribution in [0, 0.1) is 0 Å². The van der Waals surface area contributed by atoms with Gasteiger partial charge in [0.15, 0.2) is 0 Å². The molecule has 1 saturated heterocycles. The van der Waals surface area contributed by atoms with Gasteiger partial charge in [-0.2, -0.15) is 0 Å². The molecule has 0 aromatic rings. The van der Waals surface area contributed by atoms with Gasteiger partial charge < -0.3 is 15.2 Å². The van der Waals surface area contributed by atoms with E-state index in [1.165, 1.54) is 0 Å². The predicted octanol–water partition coefficient (Wildman–Crippen LogP) is 0.524. The van der Waals surface area contributed by atoms with Gasteiger partial charge in [-0.05, 0) is 26.7 Å². The average Bonchev–Trinajstić information content (AvgIpc) is 2.06. The van der Waals surface area contributed by atoms with E-state index < -0.39 is 0 Å². The summed E-state index contributed by atoms with van der Waals surface area (Å²) >= 11 is 0. The summed E-state index contributed by atoms with van der Waals surface area (Å²) in [6, 6.07) is 0.719. The quantitative estimate of drug-likeness (QED) is 0.654. The molecule has 1 aliphatic heterocycles. The molecular weight excluding hydrogens is 154 g/mol. The first-order valence-electron chi connectivity index (χ1n) is 4.72. The molecule has 1 heterocycles.